The van der Waals surface area contributed by atoms with E-state index in [1.54, 1.807) is 6.07 Å². The monoisotopic (exact) mass is 354 g/mol. The number of H-pyrrole nitrogens is 1. The number of benzene rings is 1. The number of halogens is 1. The summed E-state index contributed by atoms with van der Waals surface area (Å²) in [6, 6.07) is 8.43. The maximum absolute atomic E-state index is 13.5. The Bertz CT molecular complexity index is 942. The second-order valence-corrected chi connectivity index (χ2v) is 7.19. The van der Waals surface area contributed by atoms with E-state index in [9.17, 15) is 9.18 Å². The van der Waals surface area contributed by atoms with Crippen LogP contribution in [0.3, 0.4) is 0 Å². The lowest BCUT2D eigenvalue weighted by Gasteiger charge is -2.35. The lowest BCUT2D eigenvalue weighted by atomic mass is 10.0. The lowest BCUT2D eigenvalue weighted by Crippen LogP contribution is -2.40. The zero-order valence-electron chi connectivity index (χ0n) is 15.1. The summed E-state index contributed by atoms with van der Waals surface area (Å²) < 4.78 is 15.5. The minimum atomic E-state index is -0.293. The fraction of sp³-hybridized carbons (Fsp3) is 0.400. The van der Waals surface area contributed by atoms with Gasteiger partial charge >= 0.3 is 0 Å². The molecule has 0 bridgehead atoms. The van der Waals surface area contributed by atoms with Gasteiger partial charge in [-0.2, -0.15) is 0 Å². The highest BCUT2D eigenvalue weighted by Gasteiger charge is 2.32. The molecule has 3 heterocycles. The molecule has 5 nitrogen and oxygen atoms in total. The molecule has 1 aliphatic heterocycles. The lowest BCUT2D eigenvalue weighted by molar-refractivity contribution is 0.0588. The first kappa shape index (κ1) is 16.8. The molecule has 26 heavy (non-hydrogen) atoms. The quantitative estimate of drug-likeness (QED) is 0.755. The molecule has 0 radical (unpaired) electrons. The number of likely N-dealkylation sites (tertiary alicyclic amines) is 1. The zero-order chi connectivity index (χ0) is 18.3. The number of carbonyl (C=O) groups excluding carboxylic acids is 1. The van der Waals surface area contributed by atoms with Crippen molar-refractivity contribution in [3.63, 3.8) is 0 Å². The van der Waals surface area contributed by atoms with E-state index < -0.39 is 0 Å². The van der Waals surface area contributed by atoms with Gasteiger partial charge in [0.2, 0.25) is 0 Å². The molecule has 0 aliphatic carbocycles. The van der Waals surface area contributed by atoms with E-state index in [-0.39, 0.29) is 23.8 Å². The van der Waals surface area contributed by atoms with Crippen molar-refractivity contribution >= 4 is 16.9 Å². The third kappa shape index (κ3) is 2.89. The summed E-state index contributed by atoms with van der Waals surface area (Å²) in [4.78, 5) is 23.0. The van der Waals surface area contributed by atoms with Crippen LogP contribution >= 0.6 is 0 Å². The summed E-state index contributed by atoms with van der Waals surface area (Å²) in [7, 11) is 0. The summed E-state index contributed by atoms with van der Waals surface area (Å²) in [5.74, 6) is 0.473. The molecule has 1 atom stereocenters. The number of rotatable bonds is 3. The largest absolute Gasteiger partial charge is 0.341 e. The molecule has 3 aromatic rings. The molecule has 1 N–H and O–H groups in total. The molecule has 6 heteroatoms. The van der Waals surface area contributed by atoms with E-state index in [1.807, 2.05) is 27.8 Å². The van der Waals surface area contributed by atoms with Crippen molar-refractivity contribution in [3.05, 3.63) is 53.9 Å². The Labute approximate surface area is 151 Å². The molecule has 1 aliphatic rings. The molecule has 1 amide bonds. The standard InChI is InChI=1S/C20H23FN4O/c1-13(2)24-11-5-7-18(24)20(26)25-10-4-3-6-17(25)19-22-15-9-8-14(21)12-16(15)23-19/h5,7-9,11-13,17H,3-4,6,10H2,1-2H3,(H,22,23)/t17-/m0/s1. The number of nitrogens with one attached hydrogen (secondary N) is 1. The molecule has 0 unspecified atom stereocenters. The van der Waals surface area contributed by atoms with Crippen molar-refractivity contribution in [1.29, 1.82) is 0 Å². The van der Waals surface area contributed by atoms with Crippen LogP contribution in [0.5, 0.6) is 0 Å². The first-order chi connectivity index (χ1) is 12.5. The van der Waals surface area contributed by atoms with Crippen LogP contribution < -0.4 is 0 Å². The van der Waals surface area contributed by atoms with Crippen molar-refractivity contribution < 1.29 is 9.18 Å². The molecule has 1 saturated heterocycles. The second-order valence-electron chi connectivity index (χ2n) is 7.19. The number of fused-ring (bicyclic) bond motifs is 1. The number of hydrogen-bond acceptors (Lipinski definition) is 2. The highest BCUT2D eigenvalue weighted by atomic mass is 19.1. The van der Waals surface area contributed by atoms with E-state index in [0.717, 1.165) is 30.6 Å². The van der Waals surface area contributed by atoms with Crippen LogP contribution in [0.2, 0.25) is 0 Å². The third-order valence-corrected chi connectivity index (χ3v) is 5.10. The number of piperidine rings is 1. The number of imidazole rings is 1. The summed E-state index contributed by atoms with van der Waals surface area (Å²) in [6.45, 7) is 4.84. The van der Waals surface area contributed by atoms with E-state index >= 15 is 0 Å². The van der Waals surface area contributed by atoms with Crippen LogP contribution in [0, 0.1) is 5.82 Å². The summed E-state index contributed by atoms with van der Waals surface area (Å²) in [5, 5.41) is 0. The van der Waals surface area contributed by atoms with Crippen molar-refractivity contribution in [2.24, 2.45) is 0 Å². The minimum Gasteiger partial charge on any atom is -0.341 e. The maximum Gasteiger partial charge on any atom is 0.271 e. The highest BCUT2D eigenvalue weighted by molar-refractivity contribution is 5.93. The normalized spacial score (nSPS) is 18.0. The topological polar surface area (TPSA) is 53.9 Å². The average molecular weight is 354 g/mol. The molecule has 136 valence electrons. The van der Waals surface area contributed by atoms with Crippen molar-refractivity contribution in [1.82, 2.24) is 19.4 Å². The zero-order valence-corrected chi connectivity index (χ0v) is 15.1. The van der Waals surface area contributed by atoms with Gasteiger partial charge in [0.1, 0.15) is 17.3 Å². The summed E-state index contributed by atoms with van der Waals surface area (Å²) in [5.41, 5.74) is 2.10. The van der Waals surface area contributed by atoms with E-state index in [2.05, 4.69) is 23.8 Å². The van der Waals surface area contributed by atoms with Gasteiger partial charge in [-0.25, -0.2) is 9.37 Å². The van der Waals surface area contributed by atoms with Crippen LogP contribution in [-0.4, -0.2) is 31.9 Å². The predicted octanol–water partition coefficient (Wildman–Crippen LogP) is 4.45. The van der Waals surface area contributed by atoms with E-state index in [4.69, 9.17) is 0 Å². The van der Waals surface area contributed by atoms with Gasteiger partial charge in [-0.15, -0.1) is 0 Å². The number of nitrogens with zero attached hydrogens (tertiary/aromatic N) is 3. The summed E-state index contributed by atoms with van der Waals surface area (Å²) >= 11 is 0. The molecule has 1 fully saturated rings. The Kier molecular flexibility index (Phi) is 4.26. The fourth-order valence-corrected chi connectivity index (χ4v) is 3.79. The van der Waals surface area contributed by atoms with Crippen molar-refractivity contribution in [3.8, 4) is 0 Å². The van der Waals surface area contributed by atoms with Gasteiger partial charge in [0, 0.05) is 18.8 Å². The Morgan fingerprint density at radius 2 is 2.15 bits per heavy atom. The molecular formula is C20H23FN4O. The Morgan fingerprint density at radius 3 is 2.96 bits per heavy atom. The smallest absolute Gasteiger partial charge is 0.271 e. The van der Waals surface area contributed by atoms with Crippen LogP contribution in [0.15, 0.2) is 36.5 Å². The average Bonchev–Trinajstić information content (AvgIpc) is 3.27. The van der Waals surface area contributed by atoms with Crippen molar-refractivity contribution in [2.45, 2.75) is 45.2 Å². The third-order valence-electron chi connectivity index (χ3n) is 5.10. The number of aromatic nitrogens is 3. The van der Waals surface area contributed by atoms with Gasteiger partial charge in [0.15, 0.2) is 0 Å². The van der Waals surface area contributed by atoms with Gasteiger partial charge in [-0.1, -0.05) is 0 Å². The number of amides is 1. The molecule has 2 aromatic heterocycles. The predicted molar refractivity (Wildman–Crippen MR) is 98.5 cm³/mol. The highest BCUT2D eigenvalue weighted by Crippen LogP contribution is 2.32. The Balaban J connectivity index is 1.69. The maximum atomic E-state index is 13.5. The van der Waals surface area contributed by atoms with Crippen LogP contribution in [0.1, 0.15) is 61.5 Å². The summed E-state index contributed by atoms with van der Waals surface area (Å²) in [6.07, 6.45) is 4.84. The number of aromatic amines is 1. The number of carbonyl (C=O) groups is 1. The van der Waals surface area contributed by atoms with Gasteiger partial charge in [-0.05, 0) is 63.4 Å². The van der Waals surface area contributed by atoms with Gasteiger partial charge in [-0.3, -0.25) is 4.79 Å². The van der Waals surface area contributed by atoms with Gasteiger partial charge in [0.05, 0.1) is 17.1 Å². The van der Waals surface area contributed by atoms with E-state index in [1.165, 1.54) is 12.1 Å². The Hall–Kier alpha value is -2.63. The minimum absolute atomic E-state index is 0.0278. The SMILES string of the molecule is CC(C)n1cccc1C(=O)N1CCCC[C@H]1c1nc2ccc(F)cc2[nH]1. The molecule has 0 saturated carbocycles. The first-order valence-electron chi connectivity index (χ1n) is 9.17. The molecule has 0 spiro atoms. The van der Waals surface area contributed by atoms with Crippen LogP contribution in [0.4, 0.5) is 4.39 Å². The van der Waals surface area contributed by atoms with E-state index in [0.29, 0.717) is 17.8 Å². The van der Waals surface area contributed by atoms with Gasteiger partial charge in [0.25, 0.3) is 5.91 Å². The fourth-order valence-electron chi connectivity index (χ4n) is 3.79. The second kappa shape index (κ2) is 6.59. The van der Waals surface area contributed by atoms with Crippen LogP contribution in [-0.2, 0) is 0 Å². The molecule has 1 aromatic carbocycles. The molecular weight excluding hydrogens is 331 g/mol. The molecule has 4 rings (SSSR count). The Morgan fingerprint density at radius 1 is 1.31 bits per heavy atom. The van der Waals surface area contributed by atoms with Crippen LogP contribution in [0.25, 0.3) is 11.0 Å². The first-order valence-corrected chi connectivity index (χ1v) is 9.17. The van der Waals surface area contributed by atoms with Gasteiger partial charge < -0.3 is 14.5 Å². The number of hydrogen-bond donors (Lipinski definition) is 1. The van der Waals surface area contributed by atoms with Crippen molar-refractivity contribution in [2.75, 3.05) is 6.54 Å².